The molecule has 0 aliphatic heterocycles. The van der Waals surface area contributed by atoms with Gasteiger partial charge in [0.15, 0.2) is 5.76 Å². The molecule has 5 nitrogen and oxygen atoms in total. The van der Waals surface area contributed by atoms with Gasteiger partial charge in [-0.15, -0.1) is 0 Å². The lowest BCUT2D eigenvalue weighted by atomic mass is 10.0. The molecule has 1 aliphatic carbocycles. The van der Waals surface area contributed by atoms with E-state index in [2.05, 4.69) is 0 Å². The fourth-order valence-electron chi connectivity index (χ4n) is 1.67. The first-order valence-electron chi connectivity index (χ1n) is 6.28. The standard InChI is InChI=1S/C13H21O5P/c1-11-7-6-8-12(13(11)14)18-9-4-5-10-19(15,16-2)17-3/h6-8,11H,4-5,9-10H2,1-3H3. The topological polar surface area (TPSA) is 61.8 Å². The Bertz CT molecular complexity index is 405. The number of ketones is 1. The van der Waals surface area contributed by atoms with Crippen LogP contribution in [0.5, 0.6) is 0 Å². The smallest absolute Gasteiger partial charge is 0.330 e. The van der Waals surface area contributed by atoms with Crippen molar-refractivity contribution in [3.63, 3.8) is 0 Å². The maximum absolute atomic E-state index is 11.8. The number of hydrogen-bond acceptors (Lipinski definition) is 5. The average molecular weight is 288 g/mol. The van der Waals surface area contributed by atoms with Crippen LogP contribution in [0.2, 0.25) is 0 Å². The molecule has 0 fully saturated rings. The first-order valence-corrected chi connectivity index (χ1v) is 8.01. The Morgan fingerprint density at radius 3 is 2.58 bits per heavy atom. The van der Waals surface area contributed by atoms with Crippen molar-refractivity contribution < 1.29 is 23.1 Å². The summed E-state index contributed by atoms with van der Waals surface area (Å²) in [6, 6.07) is 0. The van der Waals surface area contributed by atoms with Crippen molar-refractivity contribution >= 4 is 13.4 Å². The van der Waals surface area contributed by atoms with Crippen LogP contribution in [0.4, 0.5) is 0 Å². The molecule has 6 heteroatoms. The minimum Gasteiger partial charge on any atom is -0.490 e. The van der Waals surface area contributed by atoms with E-state index in [-0.39, 0.29) is 11.7 Å². The number of allylic oxidation sites excluding steroid dienone is 4. The molecule has 0 heterocycles. The van der Waals surface area contributed by atoms with Crippen molar-refractivity contribution in [1.82, 2.24) is 0 Å². The molecule has 1 unspecified atom stereocenters. The Morgan fingerprint density at radius 1 is 1.26 bits per heavy atom. The number of carbonyl (C=O) groups is 1. The zero-order valence-electron chi connectivity index (χ0n) is 11.6. The van der Waals surface area contributed by atoms with Crippen LogP contribution in [0.15, 0.2) is 24.0 Å². The Labute approximate surface area is 114 Å². The molecule has 0 saturated carbocycles. The van der Waals surface area contributed by atoms with Gasteiger partial charge in [-0.2, -0.15) is 0 Å². The van der Waals surface area contributed by atoms with Crippen LogP contribution in [0.3, 0.4) is 0 Å². The highest BCUT2D eigenvalue weighted by Gasteiger charge is 2.21. The number of unbranched alkanes of at least 4 members (excludes halogenated alkanes) is 1. The SMILES string of the molecule is COP(=O)(CCCCOC1=CC=CC(C)C1=O)OC. The molecular weight excluding hydrogens is 267 g/mol. The lowest BCUT2D eigenvalue weighted by Gasteiger charge is -2.15. The maximum atomic E-state index is 11.8. The van der Waals surface area contributed by atoms with Gasteiger partial charge >= 0.3 is 7.60 Å². The van der Waals surface area contributed by atoms with Gasteiger partial charge in [0.1, 0.15) is 0 Å². The van der Waals surface area contributed by atoms with Gasteiger partial charge in [-0.05, 0) is 18.9 Å². The van der Waals surface area contributed by atoms with Crippen LogP contribution in [-0.2, 0) is 23.1 Å². The number of Topliss-reactive ketones (excluding diaryl/α,β-unsaturated/α-hetero) is 1. The van der Waals surface area contributed by atoms with E-state index in [1.54, 1.807) is 6.08 Å². The Hall–Kier alpha value is -0.900. The maximum Gasteiger partial charge on any atom is 0.330 e. The second kappa shape index (κ2) is 7.63. The summed E-state index contributed by atoms with van der Waals surface area (Å²) in [7, 11) is -0.174. The summed E-state index contributed by atoms with van der Waals surface area (Å²) in [5, 5.41) is 0. The van der Waals surface area contributed by atoms with Crippen LogP contribution in [0.25, 0.3) is 0 Å². The third kappa shape index (κ3) is 4.94. The van der Waals surface area contributed by atoms with Crippen LogP contribution >= 0.6 is 7.60 Å². The number of hydrogen-bond donors (Lipinski definition) is 0. The average Bonchev–Trinajstić information content (AvgIpc) is 2.42. The monoisotopic (exact) mass is 288 g/mol. The van der Waals surface area contributed by atoms with E-state index < -0.39 is 7.60 Å². The number of ether oxygens (including phenoxy) is 1. The van der Waals surface area contributed by atoms with Gasteiger partial charge < -0.3 is 13.8 Å². The zero-order valence-corrected chi connectivity index (χ0v) is 12.5. The van der Waals surface area contributed by atoms with Gasteiger partial charge in [-0.1, -0.05) is 19.1 Å². The van der Waals surface area contributed by atoms with Gasteiger partial charge in [0.2, 0.25) is 5.78 Å². The van der Waals surface area contributed by atoms with Crippen molar-refractivity contribution in [3.8, 4) is 0 Å². The van der Waals surface area contributed by atoms with Gasteiger partial charge in [0, 0.05) is 20.1 Å². The minimum atomic E-state index is -2.92. The van der Waals surface area contributed by atoms with Crippen molar-refractivity contribution in [1.29, 1.82) is 0 Å². The first kappa shape index (κ1) is 16.2. The van der Waals surface area contributed by atoms with E-state index in [4.69, 9.17) is 13.8 Å². The molecule has 1 atom stereocenters. The van der Waals surface area contributed by atoms with Gasteiger partial charge in [-0.3, -0.25) is 9.36 Å². The molecule has 0 aromatic rings. The Morgan fingerprint density at radius 2 is 1.95 bits per heavy atom. The molecular formula is C13H21O5P. The highest BCUT2D eigenvalue weighted by atomic mass is 31.2. The van der Waals surface area contributed by atoms with E-state index >= 15 is 0 Å². The molecule has 0 aromatic carbocycles. The molecule has 108 valence electrons. The normalized spacial score (nSPS) is 19.4. The van der Waals surface area contributed by atoms with Crippen LogP contribution in [0, 0.1) is 5.92 Å². The van der Waals surface area contributed by atoms with E-state index in [0.29, 0.717) is 31.4 Å². The highest BCUT2D eigenvalue weighted by molar-refractivity contribution is 7.53. The summed E-state index contributed by atoms with van der Waals surface area (Å²) >= 11 is 0. The Kier molecular flexibility index (Phi) is 6.49. The van der Waals surface area contributed by atoms with E-state index in [0.717, 1.165) is 0 Å². The summed E-state index contributed by atoms with van der Waals surface area (Å²) in [6.07, 6.45) is 7.05. The largest absolute Gasteiger partial charge is 0.490 e. The summed E-state index contributed by atoms with van der Waals surface area (Å²) in [5.41, 5.74) is 0. The molecule has 0 aromatic heterocycles. The van der Waals surface area contributed by atoms with E-state index in [1.165, 1.54) is 14.2 Å². The van der Waals surface area contributed by atoms with Gasteiger partial charge in [0.25, 0.3) is 0 Å². The van der Waals surface area contributed by atoms with E-state index in [9.17, 15) is 9.36 Å². The van der Waals surface area contributed by atoms with Crippen LogP contribution in [-0.4, -0.2) is 32.8 Å². The molecule has 0 radical (unpaired) electrons. The van der Waals surface area contributed by atoms with Crippen LogP contribution < -0.4 is 0 Å². The zero-order chi connectivity index (χ0) is 14.3. The van der Waals surface area contributed by atoms with Crippen molar-refractivity contribution in [2.24, 2.45) is 5.92 Å². The van der Waals surface area contributed by atoms with Crippen LogP contribution in [0.1, 0.15) is 19.8 Å². The van der Waals surface area contributed by atoms with Crippen molar-refractivity contribution in [2.45, 2.75) is 19.8 Å². The Balaban J connectivity index is 2.25. The molecule has 1 aliphatic rings. The molecule has 1 rings (SSSR count). The molecule has 0 saturated heterocycles. The van der Waals surface area contributed by atoms with Gasteiger partial charge in [0.05, 0.1) is 12.8 Å². The number of rotatable bonds is 8. The molecule has 19 heavy (non-hydrogen) atoms. The predicted octanol–water partition coefficient (Wildman–Crippen LogP) is 2.93. The van der Waals surface area contributed by atoms with Crippen molar-refractivity contribution in [3.05, 3.63) is 24.0 Å². The third-order valence-corrected chi connectivity index (χ3v) is 4.92. The lowest BCUT2D eigenvalue weighted by molar-refractivity contribution is -0.121. The summed E-state index contributed by atoms with van der Waals surface area (Å²) in [4.78, 5) is 11.7. The second-order valence-corrected chi connectivity index (χ2v) is 6.72. The van der Waals surface area contributed by atoms with Gasteiger partial charge in [-0.25, -0.2) is 0 Å². The summed E-state index contributed by atoms with van der Waals surface area (Å²) in [6.45, 7) is 2.26. The fraction of sp³-hybridized carbons (Fsp3) is 0.615. The lowest BCUT2D eigenvalue weighted by Crippen LogP contribution is -2.16. The quantitative estimate of drug-likeness (QED) is 0.507. The van der Waals surface area contributed by atoms with E-state index in [1.807, 2.05) is 19.1 Å². The first-order chi connectivity index (χ1) is 9.02. The fourth-order valence-corrected chi connectivity index (χ4v) is 2.79. The molecule has 0 bridgehead atoms. The minimum absolute atomic E-state index is 0.00181. The summed E-state index contributed by atoms with van der Waals surface area (Å²) in [5.74, 6) is 0.279. The molecule has 0 N–H and O–H groups in total. The second-order valence-electron chi connectivity index (χ2n) is 4.32. The third-order valence-electron chi connectivity index (χ3n) is 2.94. The highest BCUT2D eigenvalue weighted by Crippen LogP contribution is 2.46. The van der Waals surface area contributed by atoms with Crippen molar-refractivity contribution in [2.75, 3.05) is 27.0 Å². The predicted molar refractivity (Wildman–Crippen MR) is 73.1 cm³/mol. The molecule has 0 spiro atoms. The number of carbonyl (C=O) groups excluding carboxylic acids is 1. The molecule has 0 amide bonds. The summed E-state index contributed by atoms with van der Waals surface area (Å²) < 4.78 is 26.9.